The summed E-state index contributed by atoms with van der Waals surface area (Å²) < 4.78 is 66.5. The largest absolute Gasteiger partial charge is 0.493 e. The van der Waals surface area contributed by atoms with Crippen molar-refractivity contribution in [2.24, 2.45) is 0 Å². The number of morpholine rings is 1. The Balaban J connectivity index is 1.32. The Labute approximate surface area is 253 Å². The summed E-state index contributed by atoms with van der Waals surface area (Å²) in [7, 11) is -2.53. The van der Waals surface area contributed by atoms with Crippen LogP contribution in [-0.2, 0) is 14.8 Å². The first-order valence-corrected chi connectivity index (χ1v) is 15.5. The fourth-order valence-corrected chi connectivity index (χ4v) is 7.02. The SMILES string of the molecule is COc1cc2c(Oc3ccc(NS(=O)(=O)C4C=C(Cl)C=CC4(C)Cl)cc3F)ccnc2cc1OCCN1CCOCC1. The van der Waals surface area contributed by atoms with Gasteiger partial charge in [-0.1, -0.05) is 17.7 Å². The summed E-state index contributed by atoms with van der Waals surface area (Å²) in [4.78, 5) is 5.44. The molecule has 1 N–H and O–H groups in total. The number of pyridine rings is 1. The zero-order valence-corrected chi connectivity index (χ0v) is 25.3. The van der Waals surface area contributed by atoms with Crippen molar-refractivity contribution in [2.75, 3.05) is 51.3 Å². The maximum absolute atomic E-state index is 15.2. The fraction of sp³-hybridized carbons (Fsp3) is 0.345. The molecule has 2 atom stereocenters. The smallest absolute Gasteiger partial charge is 0.241 e. The Hall–Kier alpha value is -3.09. The third kappa shape index (κ3) is 6.92. The molecule has 0 saturated carbocycles. The number of aromatic nitrogens is 1. The number of ether oxygens (including phenoxy) is 4. The lowest BCUT2D eigenvalue weighted by Gasteiger charge is -2.29. The van der Waals surface area contributed by atoms with Crippen molar-refractivity contribution in [3.8, 4) is 23.0 Å². The monoisotopic (exact) mass is 637 g/mol. The predicted octanol–water partition coefficient (Wildman–Crippen LogP) is 5.69. The lowest BCUT2D eigenvalue weighted by molar-refractivity contribution is 0.0321. The number of anilines is 1. The van der Waals surface area contributed by atoms with Gasteiger partial charge in [0.25, 0.3) is 0 Å². The molecule has 224 valence electrons. The predicted molar refractivity (Wildman–Crippen MR) is 161 cm³/mol. The highest BCUT2D eigenvalue weighted by Crippen LogP contribution is 2.38. The molecule has 13 heteroatoms. The fourth-order valence-electron chi connectivity index (χ4n) is 4.69. The highest BCUT2D eigenvalue weighted by atomic mass is 35.5. The van der Waals surface area contributed by atoms with Crippen LogP contribution in [0.25, 0.3) is 10.9 Å². The van der Waals surface area contributed by atoms with Gasteiger partial charge >= 0.3 is 0 Å². The van der Waals surface area contributed by atoms with Gasteiger partial charge in [0.2, 0.25) is 10.0 Å². The topological polar surface area (TPSA) is 99.2 Å². The summed E-state index contributed by atoms with van der Waals surface area (Å²) in [5, 5.41) is -0.352. The minimum atomic E-state index is -4.06. The quantitative estimate of drug-likeness (QED) is 0.283. The number of allylic oxidation sites excluding steroid dienone is 3. The second-order valence-corrected chi connectivity index (χ2v) is 13.0. The Kier molecular flexibility index (Phi) is 9.14. The molecule has 2 aliphatic rings. The molecule has 1 aliphatic carbocycles. The summed E-state index contributed by atoms with van der Waals surface area (Å²) in [6.07, 6.45) is 5.93. The van der Waals surface area contributed by atoms with E-state index < -0.39 is 26.0 Å². The Bertz CT molecular complexity index is 1630. The average Bonchev–Trinajstić information content (AvgIpc) is 2.96. The second kappa shape index (κ2) is 12.6. The number of alkyl halides is 1. The normalized spacial score (nSPS) is 21.2. The average molecular weight is 639 g/mol. The number of hydrogen-bond donors (Lipinski definition) is 1. The number of rotatable bonds is 10. The first-order valence-electron chi connectivity index (χ1n) is 13.2. The van der Waals surface area contributed by atoms with Crippen molar-refractivity contribution in [2.45, 2.75) is 17.0 Å². The van der Waals surface area contributed by atoms with Crippen LogP contribution in [0.2, 0.25) is 0 Å². The van der Waals surface area contributed by atoms with Gasteiger partial charge in [-0.3, -0.25) is 14.6 Å². The van der Waals surface area contributed by atoms with Gasteiger partial charge in [0.1, 0.15) is 17.6 Å². The zero-order chi connectivity index (χ0) is 29.9. The molecule has 1 saturated heterocycles. The third-order valence-corrected chi connectivity index (χ3v) is 9.49. The van der Waals surface area contributed by atoms with Gasteiger partial charge in [-0.2, -0.15) is 0 Å². The molecule has 1 aromatic heterocycles. The molecule has 9 nitrogen and oxygen atoms in total. The lowest BCUT2D eigenvalue weighted by atomic mass is 10.0. The van der Waals surface area contributed by atoms with E-state index in [2.05, 4.69) is 14.6 Å². The summed E-state index contributed by atoms with van der Waals surface area (Å²) in [5.41, 5.74) is 0.573. The molecule has 0 spiro atoms. The number of halogens is 3. The first-order chi connectivity index (χ1) is 20.1. The highest BCUT2D eigenvalue weighted by molar-refractivity contribution is 7.93. The van der Waals surface area contributed by atoms with Crippen LogP contribution < -0.4 is 18.9 Å². The van der Waals surface area contributed by atoms with Crippen LogP contribution in [-0.4, -0.2) is 75.0 Å². The first kappa shape index (κ1) is 30.4. The Morgan fingerprint density at radius 3 is 2.67 bits per heavy atom. The third-order valence-electron chi connectivity index (χ3n) is 6.94. The zero-order valence-electron chi connectivity index (χ0n) is 23.0. The molecule has 1 aliphatic heterocycles. The summed E-state index contributed by atoms with van der Waals surface area (Å²) in [5.74, 6) is 0.452. The van der Waals surface area contributed by atoms with Gasteiger partial charge in [0.05, 0.1) is 36.4 Å². The molecule has 3 aromatic rings. The maximum atomic E-state index is 15.2. The van der Waals surface area contributed by atoms with Crippen molar-refractivity contribution in [3.05, 3.63) is 71.7 Å². The van der Waals surface area contributed by atoms with E-state index >= 15 is 4.39 Å². The van der Waals surface area contributed by atoms with Crippen LogP contribution in [0, 0.1) is 5.82 Å². The van der Waals surface area contributed by atoms with Crippen molar-refractivity contribution in [1.29, 1.82) is 0 Å². The Morgan fingerprint density at radius 1 is 1.14 bits per heavy atom. The number of sulfonamides is 1. The van der Waals surface area contributed by atoms with Gasteiger partial charge < -0.3 is 18.9 Å². The van der Waals surface area contributed by atoms with Crippen molar-refractivity contribution in [3.63, 3.8) is 0 Å². The van der Waals surface area contributed by atoms with Crippen molar-refractivity contribution in [1.82, 2.24) is 9.88 Å². The summed E-state index contributed by atoms with van der Waals surface area (Å²) >= 11 is 12.4. The maximum Gasteiger partial charge on any atom is 0.241 e. The molecule has 2 heterocycles. The second-order valence-electron chi connectivity index (χ2n) is 9.98. The molecule has 0 radical (unpaired) electrons. The van der Waals surface area contributed by atoms with E-state index in [-0.39, 0.29) is 16.5 Å². The summed E-state index contributed by atoms with van der Waals surface area (Å²) in [6, 6.07) is 8.85. The van der Waals surface area contributed by atoms with Crippen molar-refractivity contribution < 1.29 is 31.8 Å². The standard InChI is InChI=1S/C29H30Cl2FN3O6S/c1-29(31)7-5-19(30)15-28(29)42(36,37)34-20-3-4-25(22(32)16-20)41-24-6-8-33-23-18-27(26(38-2)17-21(23)24)40-14-11-35-9-12-39-13-10-35/h3-8,15-18,28,34H,9-14H2,1-2H3. The molecular weight excluding hydrogens is 608 g/mol. The minimum Gasteiger partial charge on any atom is -0.493 e. The van der Waals surface area contributed by atoms with E-state index in [0.29, 0.717) is 48.0 Å². The number of benzene rings is 2. The van der Waals surface area contributed by atoms with E-state index in [0.717, 1.165) is 25.7 Å². The number of hydrogen-bond acceptors (Lipinski definition) is 8. The molecule has 2 unspecified atom stereocenters. The summed E-state index contributed by atoms with van der Waals surface area (Å²) in [6.45, 7) is 5.92. The van der Waals surface area contributed by atoms with E-state index in [9.17, 15) is 8.42 Å². The van der Waals surface area contributed by atoms with E-state index in [1.807, 2.05) is 0 Å². The van der Waals surface area contributed by atoms with Gasteiger partial charge in [-0.25, -0.2) is 12.8 Å². The molecule has 0 bridgehead atoms. The molecule has 5 rings (SSSR count). The number of nitrogens with zero attached hydrogens (tertiary/aromatic N) is 2. The van der Waals surface area contributed by atoms with E-state index in [4.69, 9.17) is 42.1 Å². The van der Waals surface area contributed by atoms with Gasteiger partial charge in [-0.05, 0) is 43.3 Å². The van der Waals surface area contributed by atoms with Gasteiger partial charge in [-0.15, -0.1) is 11.6 Å². The molecule has 2 aromatic carbocycles. The molecule has 42 heavy (non-hydrogen) atoms. The highest BCUT2D eigenvalue weighted by Gasteiger charge is 2.40. The number of nitrogens with one attached hydrogen (secondary N) is 1. The number of fused-ring (bicyclic) bond motifs is 1. The van der Waals surface area contributed by atoms with Gasteiger partial charge in [0, 0.05) is 48.4 Å². The van der Waals surface area contributed by atoms with Crippen LogP contribution in [0.15, 0.2) is 65.9 Å². The van der Waals surface area contributed by atoms with Crippen LogP contribution in [0.4, 0.5) is 10.1 Å². The van der Waals surface area contributed by atoms with E-state index in [1.165, 1.54) is 37.5 Å². The molecular formula is C29H30Cl2FN3O6S. The van der Waals surface area contributed by atoms with Crippen LogP contribution in [0.3, 0.4) is 0 Å². The van der Waals surface area contributed by atoms with Crippen LogP contribution in [0.1, 0.15) is 6.92 Å². The minimum absolute atomic E-state index is 0.00603. The lowest BCUT2D eigenvalue weighted by Crippen LogP contribution is -2.41. The molecule has 0 amide bonds. The van der Waals surface area contributed by atoms with E-state index in [1.54, 1.807) is 31.3 Å². The van der Waals surface area contributed by atoms with Gasteiger partial charge in [0.15, 0.2) is 23.1 Å². The Morgan fingerprint density at radius 2 is 1.93 bits per heavy atom. The number of methoxy groups -OCH3 is 1. The van der Waals surface area contributed by atoms with Crippen LogP contribution >= 0.6 is 23.2 Å². The molecule has 1 fully saturated rings. The van der Waals surface area contributed by atoms with Crippen molar-refractivity contribution >= 4 is 49.8 Å². The van der Waals surface area contributed by atoms with Crippen LogP contribution in [0.5, 0.6) is 23.0 Å².